The molecule has 106 valence electrons. The first-order chi connectivity index (χ1) is 10.0. The van der Waals surface area contributed by atoms with Crippen LogP contribution in [-0.4, -0.2) is 25.8 Å². The predicted octanol–water partition coefficient (Wildman–Crippen LogP) is 3.33. The molecule has 0 saturated carbocycles. The van der Waals surface area contributed by atoms with Crippen LogP contribution in [0.15, 0.2) is 29.0 Å². The molecule has 0 aliphatic carbocycles. The normalized spacial score (nSPS) is 10.8. The molecule has 0 unspecified atom stereocenters. The van der Waals surface area contributed by atoms with E-state index in [1.807, 2.05) is 19.1 Å². The minimum Gasteiger partial charge on any atom is -0.341 e. The maximum absolute atomic E-state index is 12.3. The van der Waals surface area contributed by atoms with Gasteiger partial charge in [0, 0.05) is 10.0 Å². The van der Waals surface area contributed by atoms with Crippen molar-refractivity contribution in [2.24, 2.45) is 0 Å². The van der Waals surface area contributed by atoms with Crippen LogP contribution < -0.4 is 5.32 Å². The minimum atomic E-state index is -0.306. The fourth-order valence-electron chi connectivity index (χ4n) is 1.86. The van der Waals surface area contributed by atoms with E-state index >= 15 is 0 Å². The number of aromatic amines is 1. The quantitative estimate of drug-likeness (QED) is 0.681. The Morgan fingerprint density at radius 1 is 1.38 bits per heavy atom. The van der Waals surface area contributed by atoms with Crippen LogP contribution in [0.4, 0.5) is 5.95 Å². The zero-order valence-electron chi connectivity index (χ0n) is 10.8. The zero-order valence-corrected chi connectivity index (χ0v) is 13.2. The smallest absolute Gasteiger partial charge is 0.258 e. The summed E-state index contributed by atoms with van der Waals surface area (Å²) in [6.45, 7) is 1.85. The zero-order chi connectivity index (χ0) is 15.0. The Morgan fingerprint density at radius 2 is 2.19 bits per heavy atom. The van der Waals surface area contributed by atoms with Crippen molar-refractivity contribution in [3.63, 3.8) is 0 Å². The number of anilines is 1. The molecule has 1 amide bonds. The van der Waals surface area contributed by atoms with Gasteiger partial charge in [0.15, 0.2) is 10.8 Å². The van der Waals surface area contributed by atoms with E-state index in [0.29, 0.717) is 16.7 Å². The molecule has 2 N–H and O–H groups in total. The number of amides is 1. The van der Waals surface area contributed by atoms with E-state index < -0.39 is 0 Å². The topological polar surface area (TPSA) is 83.6 Å². The highest BCUT2D eigenvalue weighted by atomic mass is 79.9. The van der Waals surface area contributed by atoms with Crippen LogP contribution in [0.2, 0.25) is 5.15 Å². The molecular formula is C13H9BrClN5O. The summed E-state index contributed by atoms with van der Waals surface area (Å²) in [7, 11) is 0. The third-order valence-corrected chi connectivity index (χ3v) is 3.68. The first-order valence-electron chi connectivity index (χ1n) is 5.99. The second-order valence-electron chi connectivity index (χ2n) is 4.35. The van der Waals surface area contributed by atoms with Crippen molar-refractivity contribution in [1.82, 2.24) is 19.9 Å². The number of carbonyl (C=O) groups is 1. The van der Waals surface area contributed by atoms with Crippen LogP contribution >= 0.6 is 27.5 Å². The highest BCUT2D eigenvalue weighted by molar-refractivity contribution is 9.10. The van der Waals surface area contributed by atoms with Gasteiger partial charge >= 0.3 is 0 Å². The van der Waals surface area contributed by atoms with Crippen LogP contribution in [0.3, 0.4) is 0 Å². The van der Waals surface area contributed by atoms with Crippen molar-refractivity contribution in [3.05, 3.63) is 45.3 Å². The summed E-state index contributed by atoms with van der Waals surface area (Å²) in [6, 6.07) is 5.46. The molecule has 2 aromatic heterocycles. The molecule has 1 aromatic carbocycles. The number of aryl methyl sites for hydroxylation is 1. The lowest BCUT2D eigenvalue weighted by molar-refractivity contribution is 0.102. The molecule has 2 heterocycles. The number of nitrogens with one attached hydrogen (secondary N) is 2. The van der Waals surface area contributed by atoms with Gasteiger partial charge in [-0.15, -0.1) is 0 Å². The lowest BCUT2D eigenvalue weighted by atomic mass is 10.1. The molecule has 3 aromatic rings. The Balaban J connectivity index is 1.94. The molecule has 0 fully saturated rings. The Morgan fingerprint density at radius 3 is 3.00 bits per heavy atom. The maximum atomic E-state index is 12.3. The number of benzene rings is 1. The Hall–Kier alpha value is -1.99. The van der Waals surface area contributed by atoms with Crippen LogP contribution in [0.5, 0.6) is 0 Å². The van der Waals surface area contributed by atoms with Crippen LogP contribution in [0.25, 0.3) is 11.2 Å². The monoisotopic (exact) mass is 365 g/mol. The van der Waals surface area contributed by atoms with Crippen molar-refractivity contribution >= 4 is 50.6 Å². The van der Waals surface area contributed by atoms with Gasteiger partial charge in [-0.25, -0.2) is 4.98 Å². The number of hydrogen-bond donors (Lipinski definition) is 2. The second kappa shape index (κ2) is 5.42. The van der Waals surface area contributed by atoms with Gasteiger partial charge in [0.25, 0.3) is 5.91 Å². The third kappa shape index (κ3) is 2.74. The van der Waals surface area contributed by atoms with Gasteiger partial charge in [0.05, 0.1) is 6.33 Å². The van der Waals surface area contributed by atoms with Crippen molar-refractivity contribution in [2.75, 3.05) is 5.32 Å². The van der Waals surface area contributed by atoms with Gasteiger partial charge in [-0.3, -0.25) is 10.1 Å². The number of carbonyl (C=O) groups excluding carboxylic acids is 1. The predicted molar refractivity (Wildman–Crippen MR) is 83.5 cm³/mol. The van der Waals surface area contributed by atoms with Gasteiger partial charge in [0.1, 0.15) is 5.52 Å². The van der Waals surface area contributed by atoms with Gasteiger partial charge in [-0.2, -0.15) is 9.97 Å². The molecular weight excluding hydrogens is 358 g/mol. The molecule has 0 bridgehead atoms. The lowest BCUT2D eigenvalue weighted by Gasteiger charge is -2.07. The van der Waals surface area contributed by atoms with Crippen LogP contribution in [-0.2, 0) is 0 Å². The molecule has 21 heavy (non-hydrogen) atoms. The van der Waals surface area contributed by atoms with E-state index in [9.17, 15) is 4.79 Å². The van der Waals surface area contributed by atoms with E-state index in [-0.39, 0.29) is 17.0 Å². The number of fused-ring (bicyclic) bond motifs is 1. The minimum absolute atomic E-state index is 0.115. The summed E-state index contributed by atoms with van der Waals surface area (Å²) >= 11 is 9.35. The first kappa shape index (κ1) is 14.0. The largest absolute Gasteiger partial charge is 0.341 e. The summed E-state index contributed by atoms with van der Waals surface area (Å²) < 4.78 is 0.819. The van der Waals surface area contributed by atoms with Crippen molar-refractivity contribution in [1.29, 1.82) is 0 Å². The Kier molecular flexibility index (Phi) is 3.60. The van der Waals surface area contributed by atoms with Crippen molar-refractivity contribution in [2.45, 2.75) is 6.92 Å². The Labute approximate surface area is 133 Å². The number of aromatic nitrogens is 4. The third-order valence-electron chi connectivity index (χ3n) is 2.91. The number of H-pyrrole nitrogens is 1. The van der Waals surface area contributed by atoms with Gasteiger partial charge < -0.3 is 4.98 Å². The summed E-state index contributed by atoms with van der Waals surface area (Å²) in [5.41, 5.74) is 2.32. The molecule has 6 nitrogen and oxygen atoms in total. The summed E-state index contributed by atoms with van der Waals surface area (Å²) in [6.07, 6.45) is 1.47. The number of nitrogens with zero attached hydrogens (tertiary/aromatic N) is 3. The van der Waals surface area contributed by atoms with E-state index in [1.54, 1.807) is 6.07 Å². The van der Waals surface area contributed by atoms with E-state index in [4.69, 9.17) is 11.6 Å². The fraction of sp³-hybridized carbons (Fsp3) is 0.0769. The first-order valence-corrected chi connectivity index (χ1v) is 7.16. The van der Waals surface area contributed by atoms with Gasteiger partial charge in [-0.1, -0.05) is 33.6 Å². The molecule has 0 radical (unpaired) electrons. The highest BCUT2D eigenvalue weighted by Crippen LogP contribution is 2.20. The SMILES string of the molecule is Cc1ccc(Br)cc1C(=O)Nc1nc(Cl)c2[nH]cnc2n1. The average Bonchev–Trinajstić information content (AvgIpc) is 2.90. The van der Waals surface area contributed by atoms with E-state index in [2.05, 4.69) is 41.2 Å². The van der Waals surface area contributed by atoms with Gasteiger partial charge in [0.2, 0.25) is 5.95 Å². The molecule has 0 aliphatic heterocycles. The van der Waals surface area contributed by atoms with Crippen LogP contribution in [0.1, 0.15) is 15.9 Å². The van der Waals surface area contributed by atoms with Crippen molar-refractivity contribution in [3.8, 4) is 0 Å². The highest BCUT2D eigenvalue weighted by Gasteiger charge is 2.14. The maximum Gasteiger partial charge on any atom is 0.258 e. The summed E-state index contributed by atoms with van der Waals surface area (Å²) in [5, 5.41) is 2.84. The van der Waals surface area contributed by atoms with E-state index in [0.717, 1.165) is 10.0 Å². The lowest BCUT2D eigenvalue weighted by Crippen LogP contribution is -2.15. The standard InChI is InChI=1S/C13H9BrClN5O/c1-6-2-3-7(14)4-8(6)12(21)20-13-18-10(15)9-11(19-13)17-5-16-9/h2-5H,1H3,(H2,16,17,18,19,20,21). The molecule has 0 aliphatic rings. The number of rotatable bonds is 2. The molecule has 0 saturated heterocycles. The summed E-state index contributed by atoms with van der Waals surface area (Å²) in [5.74, 6) is -0.191. The van der Waals surface area contributed by atoms with Crippen LogP contribution in [0, 0.1) is 6.92 Å². The van der Waals surface area contributed by atoms with Crippen molar-refractivity contribution < 1.29 is 4.79 Å². The number of hydrogen-bond acceptors (Lipinski definition) is 4. The second-order valence-corrected chi connectivity index (χ2v) is 5.63. The number of imidazole rings is 1. The molecule has 0 atom stereocenters. The number of halogens is 2. The average molecular weight is 367 g/mol. The van der Waals surface area contributed by atoms with E-state index in [1.165, 1.54) is 6.33 Å². The molecule has 8 heteroatoms. The summed E-state index contributed by atoms with van der Waals surface area (Å²) in [4.78, 5) is 27.3. The van der Waals surface area contributed by atoms with Gasteiger partial charge in [-0.05, 0) is 24.6 Å². The Bertz CT molecular complexity index is 848. The molecule has 3 rings (SSSR count). The fourth-order valence-corrected chi connectivity index (χ4v) is 2.44. The molecule has 0 spiro atoms.